The average Bonchev–Trinajstić information content (AvgIpc) is 2.48. The van der Waals surface area contributed by atoms with Gasteiger partial charge in [0.15, 0.2) is 0 Å². The van der Waals surface area contributed by atoms with Crippen molar-refractivity contribution in [3.05, 3.63) is 28.2 Å². The van der Waals surface area contributed by atoms with Crippen LogP contribution in [0.1, 0.15) is 19.8 Å². The number of benzene rings is 1. The first-order valence-electron chi connectivity index (χ1n) is 7.19. The van der Waals surface area contributed by atoms with E-state index in [1.54, 1.807) is 23.1 Å². The zero-order chi connectivity index (χ0) is 16.1. The van der Waals surface area contributed by atoms with Gasteiger partial charge >= 0.3 is 0 Å². The van der Waals surface area contributed by atoms with Crippen LogP contribution >= 0.6 is 23.2 Å². The van der Waals surface area contributed by atoms with Crippen LogP contribution in [0.25, 0.3) is 0 Å². The third-order valence-corrected chi connectivity index (χ3v) is 4.28. The summed E-state index contributed by atoms with van der Waals surface area (Å²) in [5, 5.41) is 6.84. The van der Waals surface area contributed by atoms with Gasteiger partial charge in [0.25, 0.3) is 0 Å². The molecule has 2 amide bonds. The van der Waals surface area contributed by atoms with Gasteiger partial charge in [-0.15, -0.1) is 0 Å². The highest BCUT2D eigenvalue weighted by molar-refractivity contribution is 6.42. The lowest BCUT2D eigenvalue weighted by atomic mass is 10.1. The summed E-state index contributed by atoms with van der Waals surface area (Å²) in [5.74, 6) is -0.0608. The van der Waals surface area contributed by atoms with Gasteiger partial charge in [0, 0.05) is 31.7 Å². The van der Waals surface area contributed by atoms with Crippen molar-refractivity contribution in [2.24, 2.45) is 0 Å². The zero-order valence-electron chi connectivity index (χ0n) is 12.4. The Morgan fingerprint density at radius 1 is 1.32 bits per heavy atom. The van der Waals surface area contributed by atoms with Crippen molar-refractivity contribution in [1.29, 1.82) is 0 Å². The molecular formula is C15H19Cl2N3O2. The van der Waals surface area contributed by atoms with Crippen molar-refractivity contribution < 1.29 is 9.59 Å². The minimum atomic E-state index is -0.0618. The van der Waals surface area contributed by atoms with Gasteiger partial charge in [0.05, 0.1) is 16.6 Å². The molecule has 1 unspecified atom stereocenters. The number of hydrogen-bond donors (Lipinski definition) is 2. The SMILES string of the molecule is CC(=O)NC1CCCN(C(=O)CNc2ccc(Cl)c(Cl)c2)C1. The summed E-state index contributed by atoms with van der Waals surface area (Å²) < 4.78 is 0. The molecule has 22 heavy (non-hydrogen) atoms. The Balaban J connectivity index is 1.86. The fraction of sp³-hybridized carbons (Fsp3) is 0.467. The standard InChI is InChI=1S/C15H19Cl2N3O2/c1-10(21)19-12-3-2-6-20(9-12)15(22)8-18-11-4-5-13(16)14(17)7-11/h4-5,7,12,18H,2-3,6,8-9H2,1H3,(H,19,21). The number of nitrogens with one attached hydrogen (secondary N) is 2. The predicted octanol–water partition coefficient (Wildman–Crippen LogP) is 2.53. The zero-order valence-corrected chi connectivity index (χ0v) is 13.9. The first-order valence-corrected chi connectivity index (χ1v) is 7.95. The Kier molecular flexibility index (Phi) is 5.91. The second-order valence-electron chi connectivity index (χ2n) is 5.36. The third-order valence-electron chi connectivity index (χ3n) is 3.54. The van der Waals surface area contributed by atoms with Crippen molar-refractivity contribution in [3.8, 4) is 0 Å². The quantitative estimate of drug-likeness (QED) is 0.882. The second-order valence-corrected chi connectivity index (χ2v) is 6.18. The number of amides is 2. The van der Waals surface area contributed by atoms with Crippen LogP contribution in [0, 0.1) is 0 Å². The minimum absolute atomic E-state index is 0.00104. The molecule has 0 aliphatic carbocycles. The van der Waals surface area contributed by atoms with Crippen molar-refractivity contribution in [2.45, 2.75) is 25.8 Å². The van der Waals surface area contributed by atoms with Crippen LogP contribution in [-0.4, -0.2) is 42.4 Å². The molecule has 1 fully saturated rings. The summed E-state index contributed by atoms with van der Waals surface area (Å²) in [7, 11) is 0. The van der Waals surface area contributed by atoms with E-state index in [0.717, 1.165) is 25.1 Å². The summed E-state index contributed by atoms with van der Waals surface area (Å²) in [6.07, 6.45) is 1.80. The molecule has 1 atom stereocenters. The maximum absolute atomic E-state index is 12.2. The van der Waals surface area contributed by atoms with Crippen LogP contribution in [0.2, 0.25) is 10.0 Å². The number of likely N-dealkylation sites (tertiary alicyclic amines) is 1. The van der Waals surface area contributed by atoms with E-state index in [2.05, 4.69) is 10.6 Å². The molecule has 2 rings (SSSR count). The van der Waals surface area contributed by atoms with E-state index in [0.29, 0.717) is 16.6 Å². The topological polar surface area (TPSA) is 61.4 Å². The lowest BCUT2D eigenvalue weighted by molar-refractivity contribution is -0.131. The molecule has 1 saturated heterocycles. The Morgan fingerprint density at radius 2 is 2.09 bits per heavy atom. The summed E-state index contributed by atoms with van der Waals surface area (Å²) in [5.41, 5.74) is 0.748. The van der Waals surface area contributed by atoms with Crippen LogP contribution < -0.4 is 10.6 Å². The average molecular weight is 344 g/mol. The van der Waals surface area contributed by atoms with Gasteiger partial charge in [-0.05, 0) is 31.0 Å². The van der Waals surface area contributed by atoms with Gasteiger partial charge in [-0.2, -0.15) is 0 Å². The molecule has 0 aromatic heterocycles. The number of rotatable bonds is 4. The van der Waals surface area contributed by atoms with Crippen molar-refractivity contribution >= 4 is 40.7 Å². The highest BCUT2D eigenvalue weighted by Crippen LogP contribution is 2.24. The number of halogens is 2. The fourth-order valence-electron chi connectivity index (χ4n) is 2.50. The van der Waals surface area contributed by atoms with Gasteiger partial charge in [0.2, 0.25) is 11.8 Å². The molecule has 0 bridgehead atoms. The number of carbonyl (C=O) groups is 2. The molecule has 0 saturated carbocycles. The van der Waals surface area contributed by atoms with Gasteiger partial charge in [-0.3, -0.25) is 9.59 Å². The van der Waals surface area contributed by atoms with E-state index >= 15 is 0 Å². The Morgan fingerprint density at radius 3 is 2.77 bits per heavy atom. The normalized spacial score (nSPS) is 18.0. The van der Waals surface area contributed by atoms with Crippen molar-refractivity contribution in [3.63, 3.8) is 0 Å². The predicted molar refractivity (Wildman–Crippen MR) is 88.4 cm³/mol. The molecule has 0 radical (unpaired) electrons. The van der Waals surface area contributed by atoms with Crippen LogP contribution in [0.4, 0.5) is 5.69 Å². The maximum Gasteiger partial charge on any atom is 0.241 e. The Hall–Kier alpha value is -1.46. The molecule has 1 aromatic carbocycles. The van der Waals surface area contributed by atoms with Gasteiger partial charge < -0.3 is 15.5 Å². The van der Waals surface area contributed by atoms with E-state index in [1.165, 1.54) is 6.92 Å². The summed E-state index contributed by atoms with van der Waals surface area (Å²) in [6.45, 7) is 2.96. The van der Waals surface area contributed by atoms with Crippen LogP contribution in [0.5, 0.6) is 0 Å². The van der Waals surface area contributed by atoms with Gasteiger partial charge in [-0.1, -0.05) is 23.2 Å². The highest BCUT2D eigenvalue weighted by atomic mass is 35.5. The second kappa shape index (κ2) is 7.70. The maximum atomic E-state index is 12.2. The highest BCUT2D eigenvalue weighted by Gasteiger charge is 2.23. The molecule has 120 valence electrons. The van der Waals surface area contributed by atoms with E-state index in [4.69, 9.17) is 23.2 Å². The summed E-state index contributed by atoms with van der Waals surface area (Å²) >= 11 is 11.8. The van der Waals surface area contributed by atoms with E-state index in [1.807, 2.05) is 0 Å². The van der Waals surface area contributed by atoms with Gasteiger partial charge in [-0.25, -0.2) is 0 Å². The molecule has 7 heteroatoms. The summed E-state index contributed by atoms with van der Waals surface area (Å²) in [4.78, 5) is 25.1. The molecule has 1 heterocycles. The van der Waals surface area contributed by atoms with Gasteiger partial charge in [0.1, 0.15) is 0 Å². The number of hydrogen-bond acceptors (Lipinski definition) is 3. The van der Waals surface area contributed by atoms with E-state index in [9.17, 15) is 9.59 Å². The van der Waals surface area contributed by atoms with E-state index in [-0.39, 0.29) is 24.4 Å². The Bertz CT molecular complexity index is 566. The van der Waals surface area contributed by atoms with Crippen molar-refractivity contribution in [1.82, 2.24) is 10.2 Å². The smallest absolute Gasteiger partial charge is 0.241 e. The lowest BCUT2D eigenvalue weighted by Gasteiger charge is -2.33. The molecule has 1 aliphatic rings. The van der Waals surface area contributed by atoms with E-state index < -0.39 is 0 Å². The third kappa shape index (κ3) is 4.78. The number of carbonyl (C=O) groups excluding carboxylic acids is 2. The monoisotopic (exact) mass is 343 g/mol. The van der Waals surface area contributed by atoms with Crippen LogP contribution in [-0.2, 0) is 9.59 Å². The summed E-state index contributed by atoms with van der Waals surface area (Å²) in [6, 6.07) is 5.19. The number of piperidine rings is 1. The largest absolute Gasteiger partial charge is 0.376 e. The first-order chi connectivity index (χ1) is 10.5. The number of anilines is 1. The molecule has 5 nitrogen and oxygen atoms in total. The molecule has 0 spiro atoms. The van der Waals surface area contributed by atoms with Crippen LogP contribution in [0.3, 0.4) is 0 Å². The molecule has 2 N–H and O–H groups in total. The molecular weight excluding hydrogens is 325 g/mol. The molecule has 1 aliphatic heterocycles. The van der Waals surface area contributed by atoms with Crippen LogP contribution in [0.15, 0.2) is 18.2 Å². The Labute approximate surface area is 139 Å². The van der Waals surface area contributed by atoms with Crippen molar-refractivity contribution in [2.75, 3.05) is 25.0 Å². The lowest BCUT2D eigenvalue weighted by Crippen LogP contribution is -2.50. The fourth-order valence-corrected chi connectivity index (χ4v) is 2.80. The first kappa shape index (κ1) is 16.9. The number of nitrogens with zero attached hydrogens (tertiary/aromatic N) is 1. The molecule has 1 aromatic rings. The minimum Gasteiger partial charge on any atom is -0.376 e.